The van der Waals surface area contributed by atoms with Crippen LogP contribution in [0.15, 0.2) is 30.3 Å². The molecule has 3 heteroatoms. The molecule has 2 unspecified atom stereocenters. The van der Waals surface area contributed by atoms with Gasteiger partial charge in [-0.15, -0.1) is 0 Å². The minimum absolute atomic E-state index is 0.665. The van der Waals surface area contributed by atoms with Crippen LogP contribution in [0.4, 0.5) is 5.69 Å². The molecule has 0 aromatic heterocycles. The molecule has 2 bridgehead atoms. The minimum atomic E-state index is 0.665. The zero-order valence-electron chi connectivity index (χ0n) is 12.8. The van der Waals surface area contributed by atoms with Crippen LogP contribution in [-0.4, -0.2) is 50.3 Å². The van der Waals surface area contributed by atoms with Crippen LogP contribution < -0.4 is 4.90 Å². The molecule has 2 fully saturated rings. The Labute approximate surface area is 127 Å². The number of likely N-dealkylation sites (N-methyl/N-ethyl adjacent to an activating group) is 1. The molecular weight excluding hydrogens is 260 g/mol. The molecule has 0 aliphatic carbocycles. The standard InChI is InChI=1S/C18H24N2O/c1-19-17-6-7-18(19)13-15(12-17)14-2-4-16(5-3-14)20-8-10-21-11-9-20/h2-5,12,17-18H,6-11,13H2,1H3. The molecule has 1 aromatic rings. The van der Waals surface area contributed by atoms with Crippen LogP contribution in [0.3, 0.4) is 0 Å². The van der Waals surface area contributed by atoms with E-state index in [1.54, 1.807) is 5.57 Å². The summed E-state index contributed by atoms with van der Waals surface area (Å²) in [5.74, 6) is 0. The SMILES string of the molecule is CN1C2C=C(c3ccc(N4CCOCC4)cc3)CC1CC2. The lowest BCUT2D eigenvalue weighted by molar-refractivity contribution is 0.122. The number of rotatable bonds is 2. The Kier molecular flexibility index (Phi) is 3.48. The van der Waals surface area contributed by atoms with Crippen molar-refractivity contribution >= 4 is 11.3 Å². The van der Waals surface area contributed by atoms with Gasteiger partial charge in [0.2, 0.25) is 0 Å². The highest BCUT2D eigenvalue weighted by Crippen LogP contribution is 2.37. The molecule has 1 aromatic carbocycles. The van der Waals surface area contributed by atoms with E-state index in [9.17, 15) is 0 Å². The third-order valence-electron chi connectivity index (χ3n) is 5.36. The van der Waals surface area contributed by atoms with Crippen LogP contribution in [0.2, 0.25) is 0 Å². The predicted molar refractivity (Wildman–Crippen MR) is 86.6 cm³/mol. The summed E-state index contributed by atoms with van der Waals surface area (Å²) < 4.78 is 5.43. The normalized spacial score (nSPS) is 29.6. The van der Waals surface area contributed by atoms with E-state index in [1.165, 1.54) is 30.5 Å². The zero-order valence-corrected chi connectivity index (χ0v) is 12.8. The van der Waals surface area contributed by atoms with Crippen molar-refractivity contribution in [3.8, 4) is 0 Å². The number of hydrogen-bond donors (Lipinski definition) is 0. The third kappa shape index (κ3) is 2.49. The number of hydrogen-bond acceptors (Lipinski definition) is 3. The van der Waals surface area contributed by atoms with E-state index in [0.717, 1.165) is 32.3 Å². The van der Waals surface area contributed by atoms with E-state index in [-0.39, 0.29) is 0 Å². The highest BCUT2D eigenvalue weighted by Gasteiger charge is 2.33. The summed E-state index contributed by atoms with van der Waals surface area (Å²) in [5.41, 5.74) is 4.30. The third-order valence-corrected chi connectivity index (χ3v) is 5.36. The van der Waals surface area contributed by atoms with Gasteiger partial charge in [0.1, 0.15) is 0 Å². The summed E-state index contributed by atoms with van der Waals surface area (Å²) >= 11 is 0. The quantitative estimate of drug-likeness (QED) is 0.830. The molecule has 112 valence electrons. The zero-order chi connectivity index (χ0) is 14.2. The second-order valence-electron chi connectivity index (χ2n) is 6.51. The van der Waals surface area contributed by atoms with Gasteiger partial charge in [-0.1, -0.05) is 18.2 Å². The van der Waals surface area contributed by atoms with Crippen molar-refractivity contribution in [1.82, 2.24) is 4.90 Å². The minimum Gasteiger partial charge on any atom is -0.378 e. The van der Waals surface area contributed by atoms with Crippen molar-refractivity contribution in [1.29, 1.82) is 0 Å². The number of nitrogens with zero attached hydrogens (tertiary/aromatic N) is 2. The Hall–Kier alpha value is -1.32. The van der Waals surface area contributed by atoms with E-state index in [4.69, 9.17) is 4.74 Å². The van der Waals surface area contributed by atoms with Gasteiger partial charge in [0.05, 0.1) is 13.2 Å². The van der Waals surface area contributed by atoms with Gasteiger partial charge in [0, 0.05) is 30.9 Å². The monoisotopic (exact) mass is 284 g/mol. The molecule has 4 rings (SSSR count). The maximum Gasteiger partial charge on any atom is 0.0642 e. The molecule has 3 aliphatic rings. The Balaban J connectivity index is 1.53. The van der Waals surface area contributed by atoms with Crippen LogP contribution in [0.1, 0.15) is 24.8 Å². The first kappa shape index (κ1) is 13.4. The van der Waals surface area contributed by atoms with Crippen molar-refractivity contribution in [2.24, 2.45) is 0 Å². The molecule has 0 N–H and O–H groups in total. The van der Waals surface area contributed by atoms with Gasteiger partial charge in [-0.05, 0) is 49.6 Å². The topological polar surface area (TPSA) is 15.7 Å². The van der Waals surface area contributed by atoms with Crippen molar-refractivity contribution in [3.63, 3.8) is 0 Å². The van der Waals surface area contributed by atoms with E-state index >= 15 is 0 Å². The maximum absolute atomic E-state index is 5.43. The Bertz CT molecular complexity index is 531. The average molecular weight is 284 g/mol. The maximum atomic E-state index is 5.43. The van der Waals surface area contributed by atoms with Crippen molar-refractivity contribution in [2.45, 2.75) is 31.3 Å². The average Bonchev–Trinajstić information content (AvgIpc) is 2.77. The molecule has 3 aliphatic heterocycles. The van der Waals surface area contributed by atoms with Crippen molar-refractivity contribution in [3.05, 3.63) is 35.9 Å². The number of fused-ring (bicyclic) bond motifs is 2. The Morgan fingerprint density at radius 1 is 1.05 bits per heavy atom. The molecule has 0 amide bonds. The Morgan fingerprint density at radius 2 is 1.81 bits per heavy atom. The van der Waals surface area contributed by atoms with Gasteiger partial charge in [-0.3, -0.25) is 4.90 Å². The first-order valence-electron chi connectivity index (χ1n) is 8.17. The fraction of sp³-hybridized carbons (Fsp3) is 0.556. The van der Waals surface area contributed by atoms with E-state index in [0.29, 0.717) is 6.04 Å². The highest BCUT2D eigenvalue weighted by molar-refractivity contribution is 5.69. The van der Waals surface area contributed by atoms with Crippen LogP contribution in [-0.2, 0) is 4.74 Å². The second kappa shape index (κ2) is 5.47. The van der Waals surface area contributed by atoms with E-state index in [1.807, 2.05) is 0 Å². The lowest BCUT2D eigenvalue weighted by Gasteiger charge is -2.31. The molecule has 0 radical (unpaired) electrons. The number of benzene rings is 1. The van der Waals surface area contributed by atoms with Gasteiger partial charge >= 0.3 is 0 Å². The second-order valence-corrected chi connectivity index (χ2v) is 6.51. The van der Waals surface area contributed by atoms with Crippen LogP contribution >= 0.6 is 0 Å². The summed E-state index contributed by atoms with van der Waals surface area (Å²) in [6.07, 6.45) is 6.39. The molecule has 2 saturated heterocycles. The molecule has 3 heterocycles. The van der Waals surface area contributed by atoms with Crippen molar-refractivity contribution in [2.75, 3.05) is 38.3 Å². The highest BCUT2D eigenvalue weighted by atomic mass is 16.5. The van der Waals surface area contributed by atoms with Gasteiger partial charge in [-0.2, -0.15) is 0 Å². The summed E-state index contributed by atoms with van der Waals surface area (Å²) in [7, 11) is 2.27. The smallest absolute Gasteiger partial charge is 0.0642 e. The van der Waals surface area contributed by atoms with Crippen LogP contribution in [0, 0.1) is 0 Å². The van der Waals surface area contributed by atoms with Gasteiger partial charge in [0.15, 0.2) is 0 Å². The van der Waals surface area contributed by atoms with E-state index < -0.39 is 0 Å². The fourth-order valence-corrected chi connectivity index (χ4v) is 3.96. The Morgan fingerprint density at radius 3 is 2.52 bits per heavy atom. The molecular formula is C18H24N2O. The number of anilines is 1. The van der Waals surface area contributed by atoms with E-state index in [2.05, 4.69) is 47.2 Å². The first-order chi connectivity index (χ1) is 10.3. The summed E-state index contributed by atoms with van der Waals surface area (Å²) in [5, 5.41) is 0. The summed E-state index contributed by atoms with van der Waals surface area (Å²) in [4.78, 5) is 4.96. The van der Waals surface area contributed by atoms with Gasteiger partial charge < -0.3 is 9.64 Å². The first-order valence-corrected chi connectivity index (χ1v) is 8.17. The van der Waals surface area contributed by atoms with Crippen molar-refractivity contribution < 1.29 is 4.74 Å². The molecule has 3 nitrogen and oxygen atoms in total. The number of ether oxygens (including phenoxy) is 1. The van der Waals surface area contributed by atoms with Gasteiger partial charge in [0.25, 0.3) is 0 Å². The molecule has 0 saturated carbocycles. The lowest BCUT2D eigenvalue weighted by Crippen LogP contribution is -2.36. The molecule has 21 heavy (non-hydrogen) atoms. The summed E-state index contributed by atoms with van der Waals surface area (Å²) in [6, 6.07) is 10.6. The number of morpholine rings is 1. The molecule has 0 spiro atoms. The molecule has 2 atom stereocenters. The predicted octanol–water partition coefficient (Wildman–Crippen LogP) is 2.77. The lowest BCUT2D eigenvalue weighted by atomic mass is 9.95. The van der Waals surface area contributed by atoms with Crippen LogP contribution in [0.25, 0.3) is 5.57 Å². The largest absolute Gasteiger partial charge is 0.378 e. The van der Waals surface area contributed by atoms with Gasteiger partial charge in [-0.25, -0.2) is 0 Å². The summed E-state index contributed by atoms with van der Waals surface area (Å²) in [6.45, 7) is 3.72. The fourth-order valence-electron chi connectivity index (χ4n) is 3.96. The van der Waals surface area contributed by atoms with Crippen LogP contribution in [0.5, 0.6) is 0 Å².